The van der Waals surface area contributed by atoms with E-state index in [0.717, 1.165) is 33.6 Å². The Morgan fingerprint density at radius 1 is 0.475 bits per heavy atom. The minimum absolute atomic E-state index is 0.976. The molecule has 0 bridgehead atoms. The molecule has 0 saturated carbocycles. The number of hydrogen-bond donors (Lipinski definition) is 2. The van der Waals surface area contributed by atoms with E-state index in [1.165, 1.54) is 0 Å². The van der Waals surface area contributed by atoms with Crippen LogP contribution in [0.25, 0.3) is 33.6 Å². The molecule has 0 atom stereocenters. The Hall–Kier alpha value is -3.86. The standard InChI is InChI=1S/C22H16N2.2CHF3O3S/c1-3-11-19(21-13-5-7-15-23-21)17(9-1)18-10-2-4-12-20(18)22-14-6-8-16-24-22;2*2-1(3,4)8(5,6)7/h1-16H;2*(H,5,6,7). The second-order valence-corrected chi connectivity index (χ2v) is 10.2. The van der Waals surface area contributed by atoms with Gasteiger partial charge in [0.2, 0.25) is 0 Å². The van der Waals surface area contributed by atoms with Crippen LogP contribution in [0.3, 0.4) is 0 Å². The molecule has 16 heteroatoms. The van der Waals surface area contributed by atoms with Crippen LogP contribution in [-0.2, 0) is 20.2 Å². The van der Waals surface area contributed by atoms with E-state index < -0.39 is 31.3 Å². The van der Waals surface area contributed by atoms with Gasteiger partial charge < -0.3 is 0 Å². The highest BCUT2D eigenvalue weighted by Gasteiger charge is 2.45. The molecule has 2 aromatic heterocycles. The second-order valence-electron chi connectivity index (χ2n) is 7.36. The van der Waals surface area contributed by atoms with Crippen LogP contribution in [0.1, 0.15) is 0 Å². The molecule has 2 N–H and O–H groups in total. The van der Waals surface area contributed by atoms with Crippen molar-refractivity contribution >= 4 is 20.2 Å². The van der Waals surface area contributed by atoms with Crippen molar-refractivity contribution in [2.45, 2.75) is 11.0 Å². The Morgan fingerprint density at radius 2 is 0.725 bits per heavy atom. The number of aromatic nitrogens is 2. The quantitative estimate of drug-likeness (QED) is 0.158. The summed E-state index contributed by atoms with van der Waals surface area (Å²) in [5.74, 6) is 0. The number of hydrogen-bond acceptors (Lipinski definition) is 6. The molecule has 0 saturated heterocycles. The van der Waals surface area contributed by atoms with E-state index in [1.807, 2.05) is 48.8 Å². The van der Waals surface area contributed by atoms with Gasteiger partial charge in [0.1, 0.15) is 0 Å². The van der Waals surface area contributed by atoms with Crippen LogP contribution in [-0.4, -0.2) is 46.9 Å². The van der Waals surface area contributed by atoms with Crippen molar-refractivity contribution in [3.05, 3.63) is 97.3 Å². The highest BCUT2D eigenvalue weighted by Crippen LogP contribution is 2.36. The van der Waals surface area contributed by atoms with Crippen molar-refractivity contribution in [1.82, 2.24) is 9.97 Å². The van der Waals surface area contributed by atoms with Crippen LogP contribution in [0.5, 0.6) is 0 Å². The van der Waals surface area contributed by atoms with Gasteiger partial charge in [-0.15, -0.1) is 0 Å². The van der Waals surface area contributed by atoms with Crippen LogP contribution in [0, 0.1) is 0 Å². The summed E-state index contributed by atoms with van der Waals surface area (Å²) in [6, 6.07) is 28.8. The van der Waals surface area contributed by atoms with Crippen molar-refractivity contribution in [1.29, 1.82) is 0 Å². The summed E-state index contributed by atoms with van der Waals surface area (Å²) >= 11 is 0. The summed E-state index contributed by atoms with van der Waals surface area (Å²) in [5, 5.41) is 0. The lowest BCUT2D eigenvalue weighted by molar-refractivity contribution is -0.0514. The molecular formula is C24H18F6N2O6S2. The predicted molar refractivity (Wildman–Crippen MR) is 134 cm³/mol. The number of pyridine rings is 2. The molecule has 8 nitrogen and oxygen atoms in total. The van der Waals surface area contributed by atoms with Crippen molar-refractivity contribution in [3.8, 4) is 33.6 Å². The Labute approximate surface area is 224 Å². The van der Waals surface area contributed by atoms with Gasteiger partial charge in [-0.25, -0.2) is 0 Å². The number of rotatable bonds is 3. The molecule has 0 aliphatic rings. The third-order valence-electron chi connectivity index (χ3n) is 4.61. The normalized spacial score (nSPS) is 11.9. The van der Waals surface area contributed by atoms with Gasteiger partial charge in [0, 0.05) is 23.5 Å². The number of alkyl halides is 6. The molecule has 214 valence electrons. The maximum absolute atomic E-state index is 10.7. The van der Waals surface area contributed by atoms with Gasteiger partial charge in [-0.3, -0.25) is 19.1 Å². The maximum Gasteiger partial charge on any atom is 0.522 e. The van der Waals surface area contributed by atoms with Crippen LogP contribution in [0.4, 0.5) is 26.3 Å². The Morgan fingerprint density at radius 3 is 0.950 bits per heavy atom. The second kappa shape index (κ2) is 13.0. The molecule has 0 amide bonds. The zero-order chi connectivity index (χ0) is 30.2. The molecule has 0 aliphatic carbocycles. The van der Waals surface area contributed by atoms with Gasteiger partial charge in [0.05, 0.1) is 11.4 Å². The van der Waals surface area contributed by atoms with Gasteiger partial charge in [-0.05, 0) is 35.4 Å². The van der Waals surface area contributed by atoms with E-state index in [1.54, 1.807) is 0 Å². The van der Waals surface area contributed by atoms with E-state index in [9.17, 15) is 26.3 Å². The molecule has 2 heterocycles. The van der Waals surface area contributed by atoms with Gasteiger partial charge in [-0.1, -0.05) is 60.7 Å². The third kappa shape index (κ3) is 9.11. The summed E-state index contributed by atoms with van der Waals surface area (Å²) in [7, 11) is -11.7. The van der Waals surface area contributed by atoms with Gasteiger partial charge in [-0.2, -0.15) is 43.2 Å². The first-order chi connectivity index (χ1) is 18.4. The summed E-state index contributed by atoms with van der Waals surface area (Å²) < 4.78 is 115. The number of benzene rings is 2. The first-order valence-electron chi connectivity index (χ1n) is 10.5. The smallest absolute Gasteiger partial charge is 0.279 e. The summed E-state index contributed by atoms with van der Waals surface area (Å²) in [5.41, 5.74) is -4.54. The monoisotopic (exact) mass is 608 g/mol. The van der Waals surface area contributed by atoms with E-state index >= 15 is 0 Å². The fraction of sp³-hybridized carbons (Fsp3) is 0.0833. The van der Waals surface area contributed by atoms with Crippen LogP contribution < -0.4 is 0 Å². The number of halogens is 6. The van der Waals surface area contributed by atoms with Crippen molar-refractivity contribution in [3.63, 3.8) is 0 Å². The van der Waals surface area contributed by atoms with Gasteiger partial charge in [0.25, 0.3) is 0 Å². The largest absolute Gasteiger partial charge is 0.522 e. The minimum atomic E-state index is -5.84. The lowest BCUT2D eigenvalue weighted by Crippen LogP contribution is -2.21. The molecule has 0 spiro atoms. The molecular weight excluding hydrogens is 590 g/mol. The molecule has 40 heavy (non-hydrogen) atoms. The van der Waals surface area contributed by atoms with Crippen LogP contribution in [0.2, 0.25) is 0 Å². The van der Waals surface area contributed by atoms with Gasteiger partial charge in [0.15, 0.2) is 0 Å². The lowest BCUT2D eigenvalue weighted by atomic mass is 9.92. The zero-order valence-electron chi connectivity index (χ0n) is 19.7. The molecule has 4 aromatic rings. The molecule has 4 rings (SSSR count). The molecule has 0 aliphatic heterocycles. The molecule has 2 aromatic carbocycles. The third-order valence-corrected chi connectivity index (χ3v) is 5.78. The Bertz CT molecular complexity index is 1490. The van der Waals surface area contributed by atoms with Crippen molar-refractivity contribution in [2.24, 2.45) is 0 Å². The SMILES string of the molecule is O=S(=O)(O)C(F)(F)F.O=S(=O)(O)C(F)(F)F.c1ccc(-c2ccccc2-c2ccccc2-c2ccccn2)nc1. The average molecular weight is 609 g/mol. The van der Waals surface area contributed by atoms with E-state index in [4.69, 9.17) is 25.9 Å². The van der Waals surface area contributed by atoms with E-state index in [2.05, 4.69) is 58.5 Å². The summed E-state index contributed by atoms with van der Waals surface area (Å²) in [6.07, 6.45) is 3.66. The molecule has 0 unspecified atom stereocenters. The summed E-state index contributed by atoms with van der Waals surface area (Å²) in [4.78, 5) is 9.04. The van der Waals surface area contributed by atoms with E-state index in [-0.39, 0.29) is 0 Å². The Kier molecular flexibility index (Phi) is 10.5. The molecule has 0 radical (unpaired) electrons. The first-order valence-corrected chi connectivity index (χ1v) is 13.4. The lowest BCUT2D eigenvalue weighted by Gasteiger charge is -2.13. The van der Waals surface area contributed by atoms with Crippen LogP contribution >= 0.6 is 0 Å². The average Bonchev–Trinajstić information content (AvgIpc) is 2.88. The Balaban J connectivity index is 0.000000290. The highest BCUT2D eigenvalue weighted by atomic mass is 32.2. The summed E-state index contributed by atoms with van der Waals surface area (Å²) in [6.45, 7) is 0. The fourth-order valence-electron chi connectivity index (χ4n) is 2.93. The van der Waals surface area contributed by atoms with Crippen LogP contribution in [0.15, 0.2) is 97.3 Å². The van der Waals surface area contributed by atoms with Crippen molar-refractivity contribution in [2.75, 3.05) is 0 Å². The predicted octanol–water partition coefficient (Wildman–Crippen LogP) is 6.27. The first kappa shape index (κ1) is 32.4. The topological polar surface area (TPSA) is 135 Å². The molecule has 0 fully saturated rings. The number of nitrogens with zero attached hydrogens (tertiary/aromatic N) is 2. The maximum atomic E-state index is 10.7. The van der Waals surface area contributed by atoms with Crippen molar-refractivity contribution < 1.29 is 52.3 Å². The van der Waals surface area contributed by atoms with Gasteiger partial charge >= 0.3 is 31.3 Å². The minimum Gasteiger partial charge on any atom is -0.279 e. The fourth-order valence-corrected chi connectivity index (χ4v) is 2.93. The highest BCUT2D eigenvalue weighted by molar-refractivity contribution is 7.86. The zero-order valence-corrected chi connectivity index (χ0v) is 21.4. The van der Waals surface area contributed by atoms with E-state index in [0.29, 0.717) is 0 Å².